The van der Waals surface area contributed by atoms with Crippen molar-refractivity contribution in [3.05, 3.63) is 0 Å². The Kier molecular flexibility index (Phi) is 5.05. The lowest BCUT2D eigenvalue weighted by molar-refractivity contribution is -0.126. The number of aliphatic hydroxyl groups is 1. The molecule has 0 aromatic rings. The molecule has 0 aliphatic heterocycles. The van der Waals surface area contributed by atoms with Crippen molar-refractivity contribution < 1.29 is 9.90 Å². The number of nitrogens with one attached hydrogen (secondary N) is 1. The van der Waals surface area contributed by atoms with Crippen LogP contribution in [-0.4, -0.2) is 30.7 Å². The molecular weight excluding hydrogens is 192 g/mol. The quantitative estimate of drug-likeness (QED) is 0.608. The van der Waals surface area contributed by atoms with Crippen molar-refractivity contribution in [1.29, 1.82) is 0 Å². The lowest BCUT2D eigenvalue weighted by Gasteiger charge is -2.18. The smallest absolute Gasteiger partial charge is 0.223 e. The van der Waals surface area contributed by atoms with Crippen molar-refractivity contribution in [2.75, 3.05) is 19.7 Å². The van der Waals surface area contributed by atoms with Gasteiger partial charge in [0.25, 0.3) is 0 Å². The minimum Gasteiger partial charge on any atom is -0.396 e. The highest BCUT2D eigenvalue weighted by Gasteiger charge is 2.31. The monoisotopic (exact) mass is 214 g/mol. The molecule has 4 nitrogen and oxygen atoms in total. The van der Waals surface area contributed by atoms with Crippen LogP contribution in [0.15, 0.2) is 0 Å². The SMILES string of the molecule is CC(CO)CNC(=O)C1CCCC1CN. The Morgan fingerprint density at radius 1 is 1.60 bits per heavy atom. The fourth-order valence-electron chi connectivity index (χ4n) is 2.13. The second-order valence-electron chi connectivity index (χ2n) is 4.57. The molecule has 4 heteroatoms. The molecule has 1 amide bonds. The molecule has 3 unspecified atom stereocenters. The van der Waals surface area contributed by atoms with Gasteiger partial charge in [0.2, 0.25) is 5.91 Å². The maximum Gasteiger partial charge on any atom is 0.223 e. The molecule has 3 atom stereocenters. The number of rotatable bonds is 5. The Bertz CT molecular complexity index is 209. The van der Waals surface area contributed by atoms with E-state index >= 15 is 0 Å². The maximum absolute atomic E-state index is 11.8. The first kappa shape index (κ1) is 12.5. The van der Waals surface area contributed by atoms with Crippen LogP contribution in [0.2, 0.25) is 0 Å². The highest BCUT2D eigenvalue weighted by Crippen LogP contribution is 2.30. The Morgan fingerprint density at radius 3 is 2.93 bits per heavy atom. The number of aliphatic hydroxyl groups excluding tert-OH is 1. The summed E-state index contributed by atoms with van der Waals surface area (Å²) in [4.78, 5) is 11.8. The topological polar surface area (TPSA) is 75.3 Å². The molecule has 0 saturated heterocycles. The van der Waals surface area contributed by atoms with Gasteiger partial charge in [0.15, 0.2) is 0 Å². The first-order valence-electron chi connectivity index (χ1n) is 5.77. The number of hydrogen-bond acceptors (Lipinski definition) is 3. The van der Waals surface area contributed by atoms with Crippen LogP contribution in [0, 0.1) is 17.8 Å². The zero-order valence-electron chi connectivity index (χ0n) is 9.41. The number of hydrogen-bond donors (Lipinski definition) is 3. The van der Waals surface area contributed by atoms with E-state index in [0.29, 0.717) is 19.0 Å². The molecule has 0 radical (unpaired) electrons. The van der Waals surface area contributed by atoms with Crippen molar-refractivity contribution in [3.8, 4) is 0 Å². The number of amides is 1. The predicted molar refractivity (Wildman–Crippen MR) is 59.1 cm³/mol. The molecule has 1 aliphatic rings. The molecule has 0 aromatic carbocycles. The summed E-state index contributed by atoms with van der Waals surface area (Å²) in [6, 6.07) is 0. The summed E-state index contributed by atoms with van der Waals surface area (Å²) >= 11 is 0. The minimum atomic E-state index is 0.0980. The van der Waals surface area contributed by atoms with Crippen molar-refractivity contribution in [2.24, 2.45) is 23.5 Å². The van der Waals surface area contributed by atoms with Crippen LogP contribution in [-0.2, 0) is 4.79 Å². The molecule has 0 aromatic heterocycles. The molecule has 1 rings (SSSR count). The number of carbonyl (C=O) groups excluding carboxylic acids is 1. The van der Waals surface area contributed by atoms with Crippen LogP contribution in [0.4, 0.5) is 0 Å². The maximum atomic E-state index is 11.8. The second kappa shape index (κ2) is 6.08. The Morgan fingerprint density at radius 2 is 2.33 bits per heavy atom. The van der Waals surface area contributed by atoms with E-state index in [1.807, 2.05) is 6.92 Å². The molecular formula is C11H22N2O2. The van der Waals surface area contributed by atoms with E-state index in [0.717, 1.165) is 19.3 Å². The van der Waals surface area contributed by atoms with Gasteiger partial charge in [-0.3, -0.25) is 4.79 Å². The highest BCUT2D eigenvalue weighted by molar-refractivity contribution is 5.79. The van der Waals surface area contributed by atoms with Gasteiger partial charge in [0.1, 0.15) is 0 Å². The van der Waals surface area contributed by atoms with E-state index in [1.165, 1.54) is 0 Å². The molecule has 88 valence electrons. The van der Waals surface area contributed by atoms with Crippen LogP contribution in [0.3, 0.4) is 0 Å². The molecule has 0 heterocycles. The van der Waals surface area contributed by atoms with Gasteiger partial charge in [0.05, 0.1) is 0 Å². The van der Waals surface area contributed by atoms with Gasteiger partial charge in [0, 0.05) is 19.1 Å². The van der Waals surface area contributed by atoms with E-state index in [9.17, 15) is 4.79 Å². The fraction of sp³-hybridized carbons (Fsp3) is 0.909. The Labute approximate surface area is 91.2 Å². The normalized spacial score (nSPS) is 27.7. The minimum absolute atomic E-state index is 0.0980. The van der Waals surface area contributed by atoms with Gasteiger partial charge in [-0.1, -0.05) is 13.3 Å². The van der Waals surface area contributed by atoms with Crippen LogP contribution in [0.1, 0.15) is 26.2 Å². The molecule has 1 aliphatic carbocycles. The van der Waals surface area contributed by atoms with E-state index in [2.05, 4.69) is 5.32 Å². The van der Waals surface area contributed by atoms with Gasteiger partial charge in [-0.2, -0.15) is 0 Å². The summed E-state index contributed by atoms with van der Waals surface area (Å²) in [7, 11) is 0. The summed E-state index contributed by atoms with van der Waals surface area (Å²) in [5.74, 6) is 0.699. The van der Waals surface area contributed by atoms with E-state index < -0.39 is 0 Å². The Hall–Kier alpha value is -0.610. The van der Waals surface area contributed by atoms with Crippen molar-refractivity contribution in [1.82, 2.24) is 5.32 Å². The summed E-state index contributed by atoms with van der Waals surface area (Å²) in [5.41, 5.74) is 5.62. The van der Waals surface area contributed by atoms with Crippen LogP contribution >= 0.6 is 0 Å². The first-order chi connectivity index (χ1) is 7.19. The van der Waals surface area contributed by atoms with E-state index in [-0.39, 0.29) is 24.3 Å². The van der Waals surface area contributed by atoms with Gasteiger partial charge in [-0.25, -0.2) is 0 Å². The average Bonchev–Trinajstić information content (AvgIpc) is 2.73. The van der Waals surface area contributed by atoms with Crippen molar-refractivity contribution in [2.45, 2.75) is 26.2 Å². The zero-order chi connectivity index (χ0) is 11.3. The summed E-state index contributed by atoms with van der Waals surface area (Å²) in [6.07, 6.45) is 3.14. The van der Waals surface area contributed by atoms with Gasteiger partial charge >= 0.3 is 0 Å². The van der Waals surface area contributed by atoms with Gasteiger partial charge in [-0.15, -0.1) is 0 Å². The average molecular weight is 214 g/mol. The third-order valence-corrected chi connectivity index (χ3v) is 3.24. The molecule has 0 spiro atoms. The molecule has 4 N–H and O–H groups in total. The first-order valence-corrected chi connectivity index (χ1v) is 5.77. The predicted octanol–water partition coefficient (Wildman–Crippen LogP) is 0.106. The zero-order valence-corrected chi connectivity index (χ0v) is 9.41. The van der Waals surface area contributed by atoms with E-state index in [4.69, 9.17) is 10.8 Å². The highest BCUT2D eigenvalue weighted by atomic mass is 16.3. The van der Waals surface area contributed by atoms with Crippen LogP contribution in [0.5, 0.6) is 0 Å². The summed E-state index contributed by atoms with van der Waals surface area (Å²) < 4.78 is 0. The fourth-order valence-corrected chi connectivity index (χ4v) is 2.13. The van der Waals surface area contributed by atoms with Crippen LogP contribution in [0.25, 0.3) is 0 Å². The summed E-state index contributed by atoms with van der Waals surface area (Å²) in [5, 5.41) is 11.7. The third kappa shape index (κ3) is 3.47. The number of carbonyl (C=O) groups is 1. The molecule has 1 fully saturated rings. The standard InChI is InChI=1S/C11H22N2O2/c1-8(7-14)6-13-11(15)10-4-2-3-9(10)5-12/h8-10,14H,2-7,12H2,1H3,(H,13,15). The van der Waals surface area contributed by atoms with E-state index in [1.54, 1.807) is 0 Å². The van der Waals surface area contributed by atoms with Gasteiger partial charge in [-0.05, 0) is 31.2 Å². The summed E-state index contributed by atoms with van der Waals surface area (Å²) in [6.45, 7) is 3.19. The molecule has 1 saturated carbocycles. The Balaban J connectivity index is 2.33. The molecule has 15 heavy (non-hydrogen) atoms. The van der Waals surface area contributed by atoms with Crippen LogP contribution < -0.4 is 11.1 Å². The van der Waals surface area contributed by atoms with Gasteiger partial charge < -0.3 is 16.2 Å². The lowest BCUT2D eigenvalue weighted by atomic mass is 9.95. The second-order valence-corrected chi connectivity index (χ2v) is 4.57. The van der Waals surface area contributed by atoms with Crippen molar-refractivity contribution in [3.63, 3.8) is 0 Å². The third-order valence-electron chi connectivity index (χ3n) is 3.24. The van der Waals surface area contributed by atoms with Crippen molar-refractivity contribution >= 4 is 5.91 Å². The number of nitrogens with two attached hydrogens (primary N) is 1. The molecule has 0 bridgehead atoms. The lowest BCUT2D eigenvalue weighted by Crippen LogP contribution is -2.37. The largest absolute Gasteiger partial charge is 0.396 e.